The van der Waals surface area contributed by atoms with E-state index < -0.39 is 0 Å². The number of rotatable bonds is 4. The van der Waals surface area contributed by atoms with Crippen LogP contribution in [0.25, 0.3) is 0 Å². The van der Waals surface area contributed by atoms with Crippen LogP contribution in [0.1, 0.15) is 30.9 Å². The van der Waals surface area contributed by atoms with Gasteiger partial charge in [-0.3, -0.25) is 4.90 Å². The highest BCUT2D eigenvalue weighted by Gasteiger charge is 2.62. The molecule has 0 amide bonds. The van der Waals surface area contributed by atoms with Crippen molar-refractivity contribution in [2.45, 2.75) is 44.4 Å². The Morgan fingerprint density at radius 2 is 2.14 bits per heavy atom. The molecule has 2 bridgehead atoms. The Morgan fingerprint density at radius 1 is 1.33 bits per heavy atom. The summed E-state index contributed by atoms with van der Waals surface area (Å²) in [5, 5.41) is 9.69. The molecule has 1 aromatic carbocycles. The van der Waals surface area contributed by atoms with Gasteiger partial charge < -0.3 is 9.84 Å². The lowest BCUT2D eigenvalue weighted by atomic mass is 9.74. The second-order valence-electron chi connectivity index (χ2n) is 7.00. The minimum Gasteiger partial charge on any atom is -0.396 e. The Balaban J connectivity index is 1.52. The van der Waals surface area contributed by atoms with Gasteiger partial charge in [0.05, 0.1) is 11.7 Å². The van der Waals surface area contributed by atoms with Crippen LogP contribution in [0.15, 0.2) is 24.3 Å². The van der Waals surface area contributed by atoms with Gasteiger partial charge in [0.25, 0.3) is 0 Å². The fourth-order valence-corrected chi connectivity index (χ4v) is 4.95. The molecule has 1 spiro atoms. The maximum absolute atomic E-state index is 9.69. The average molecular weight is 287 g/mol. The molecule has 3 heterocycles. The number of nitrogens with zero attached hydrogens (tertiary/aromatic N) is 1. The molecule has 3 saturated heterocycles. The summed E-state index contributed by atoms with van der Waals surface area (Å²) in [6.07, 6.45) is 3.74. The van der Waals surface area contributed by atoms with E-state index >= 15 is 0 Å². The third-order valence-corrected chi connectivity index (χ3v) is 5.96. The van der Waals surface area contributed by atoms with Gasteiger partial charge in [0.15, 0.2) is 0 Å². The third-order valence-electron chi connectivity index (χ3n) is 5.96. The number of hydrogen-bond donors (Lipinski definition) is 1. The monoisotopic (exact) mass is 287 g/mol. The Labute approximate surface area is 126 Å². The number of aryl methyl sites for hydroxylation is 1. The second-order valence-corrected chi connectivity index (χ2v) is 7.00. The lowest BCUT2D eigenvalue weighted by molar-refractivity contribution is 0.000362. The number of ether oxygens (including phenoxy) is 1. The molecule has 3 aliphatic rings. The van der Waals surface area contributed by atoms with Crippen molar-refractivity contribution in [1.29, 1.82) is 0 Å². The molecule has 21 heavy (non-hydrogen) atoms. The third kappa shape index (κ3) is 2.06. The number of hydrogen-bond acceptors (Lipinski definition) is 3. The molecule has 4 rings (SSSR count). The highest BCUT2D eigenvalue weighted by molar-refractivity contribution is 5.27. The number of benzene rings is 1. The molecule has 114 valence electrons. The van der Waals surface area contributed by atoms with Crippen molar-refractivity contribution in [3.8, 4) is 0 Å². The van der Waals surface area contributed by atoms with E-state index in [4.69, 9.17) is 4.74 Å². The van der Waals surface area contributed by atoms with Gasteiger partial charge in [-0.05, 0) is 30.4 Å². The van der Waals surface area contributed by atoms with Crippen LogP contribution < -0.4 is 0 Å². The van der Waals surface area contributed by atoms with Gasteiger partial charge in [-0.2, -0.15) is 0 Å². The van der Waals surface area contributed by atoms with Gasteiger partial charge in [0, 0.05) is 38.1 Å². The Hall–Kier alpha value is -0.900. The lowest BCUT2D eigenvalue weighted by Crippen LogP contribution is -2.37. The molecule has 4 atom stereocenters. The summed E-state index contributed by atoms with van der Waals surface area (Å²) in [6.45, 7) is 5.66. The second kappa shape index (κ2) is 5.08. The van der Waals surface area contributed by atoms with Crippen molar-refractivity contribution < 1.29 is 9.84 Å². The highest BCUT2D eigenvalue weighted by Crippen LogP contribution is 2.54. The molecule has 3 aliphatic heterocycles. The topological polar surface area (TPSA) is 32.7 Å². The largest absolute Gasteiger partial charge is 0.396 e. The maximum atomic E-state index is 9.69. The summed E-state index contributed by atoms with van der Waals surface area (Å²) < 4.78 is 6.31. The normalized spacial score (nSPS) is 38.1. The Kier molecular flexibility index (Phi) is 3.32. The molecule has 0 aromatic heterocycles. The van der Waals surface area contributed by atoms with E-state index in [0.717, 1.165) is 32.5 Å². The lowest BCUT2D eigenvalue weighted by Gasteiger charge is -2.28. The van der Waals surface area contributed by atoms with Crippen LogP contribution in [-0.2, 0) is 17.7 Å². The average Bonchev–Trinajstić information content (AvgIpc) is 3.14. The Bertz CT molecular complexity index is 532. The molecular weight excluding hydrogens is 262 g/mol. The van der Waals surface area contributed by atoms with Gasteiger partial charge >= 0.3 is 0 Å². The summed E-state index contributed by atoms with van der Waals surface area (Å²) in [4.78, 5) is 2.54. The standard InChI is InChI=1S/C18H25NO2/c1-2-13-5-3-4-6-14(13)9-19-10-16-15(11-20)17-7-8-18(16,12-19)21-17/h3-6,15-17,20H,2,7-12H2,1H3/t15-,16+,17+,18+/m0/s1. The maximum Gasteiger partial charge on any atom is 0.0858 e. The fourth-order valence-electron chi connectivity index (χ4n) is 4.95. The van der Waals surface area contributed by atoms with E-state index in [-0.39, 0.29) is 12.2 Å². The zero-order valence-electron chi connectivity index (χ0n) is 12.8. The number of fused-ring (bicyclic) bond motifs is 1. The van der Waals surface area contributed by atoms with Crippen molar-refractivity contribution >= 4 is 0 Å². The first kappa shape index (κ1) is 13.7. The van der Waals surface area contributed by atoms with Crippen LogP contribution in [0.3, 0.4) is 0 Å². The smallest absolute Gasteiger partial charge is 0.0858 e. The summed E-state index contributed by atoms with van der Waals surface area (Å²) in [6, 6.07) is 8.77. The SMILES string of the molecule is CCc1ccccc1CN1C[C@@H]2[C@H](CO)[C@H]3CC[C@]2(C1)O3. The summed E-state index contributed by atoms with van der Waals surface area (Å²) in [7, 11) is 0. The van der Waals surface area contributed by atoms with Crippen molar-refractivity contribution in [2.24, 2.45) is 11.8 Å². The molecule has 0 aliphatic carbocycles. The molecule has 0 unspecified atom stereocenters. The van der Waals surface area contributed by atoms with Gasteiger partial charge in [-0.15, -0.1) is 0 Å². The van der Waals surface area contributed by atoms with E-state index in [1.54, 1.807) is 0 Å². The minimum atomic E-state index is 0.0548. The summed E-state index contributed by atoms with van der Waals surface area (Å²) >= 11 is 0. The van der Waals surface area contributed by atoms with Crippen LogP contribution >= 0.6 is 0 Å². The van der Waals surface area contributed by atoms with E-state index in [9.17, 15) is 5.11 Å². The van der Waals surface area contributed by atoms with Crippen molar-refractivity contribution in [3.05, 3.63) is 35.4 Å². The molecule has 3 heteroatoms. The molecule has 1 aromatic rings. The van der Waals surface area contributed by atoms with E-state index in [1.165, 1.54) is 17.5 Å². The van der Waals surface area contributed by atoms with Gasteiger partial charge in [-0.25, -0.2) is 0 Å². The number of aliphatic hydroxyl groups is 1. The van der Waals surface area contributed by atoms with Crippen LogP contribution in [0.4, 0.5) is 0 Å². The molecule has 0 saturated carbocycles. The molecule has 1 N–H and O–H groups in total. The Morgan fingerprint density at radius 3 is 2.90 bits per heavy atom. The molecule has 3 nitrogen and oxygen atoms in total. The molecule has 0 radical (unpaired) electrons. The van der Waals surface area contributed by atoms with Crippen molar-refractivity contribution in [1.82, 2.24) is 4.90 Å². The number of likely N-dealkylation sites (tertiary alicyclic amines) is 1. The van der Waals surface area contributed by atoms with Crippen LogP contribution in [0.5, 0.6) is 0 Å². The van der Waals surface area contributed by atoms with Crippen molar-refractivity contribution in [2.75, 3.05) is 19.7 Å². The van der Waals surface area contributed by atoms with Gasteiger partial charge in [0.1, 0.15) is 0 Å². The predicted molar refractivity (Wildman–Crippen MR) is 82.0 cm³/mol. The van der Waals surface area contributed by atoms with E-state index in [2.05, 4.69) is 36.1 Å². The van der Waals surface area contributed by atoms with Gasteiger partial charge in [0.2, 0.25) is 0 Å². The number of aliphatic hydroxyl groups excluding tert-OH is 1. The first-order chi connectivity index (χ1) is 10.3. The predicted octanol–water partition coefficient (Wildman–Crippen LogP) is 2.22. The summed E-state index contributed by atoms with van der Waals surface area (Å²) in [5.74, 6) is 0.903. The molecular formula is C18H25NO2. The van der Waals surface area contributed by atoms with Gasteiger partial charge in [-0.1, -0.05) is 31.2 Å². The first-order valence-electron chi connectivity index (χ1n) is 8.33. The van der Waals surface area contributed by atoms with E-state index in [1.807, 2.05) is 0 Å². The zero-order chi connectivity index (χ0) is 14.4. The quantitative estimate of drug-likeness (QED) is 0.921. The van der Waals surface area contributed by atoms with Crippen LogP contribution in [0.2, 0.25) is 0 Å². The van der Waals surface area contributed by atoms with E-state index in [0.29, 0.717) is 17.9 Å². The highest BCUT2D eigenvalue weighted by atomic mass is 16.5. The first-order valence-corrected chi connectivity index (χ1v) is 8.33. The molecule has 3 fully saturated rings. The fraction of sp³-hybridized carbons (Fsp3) is 0.667. The minimum absolute atomic E-state index is 0.0548. The van der Waals surface area contributed by atoms with Crippen LogP contribution in [-0.4, -0.2) is 41.4 Å². The van der Waals surface area contributed by atoms with Crippen LogP contribution in [0, 0.1) is 11.8 Å². The summed E-state index contributed by atoms with van der Waals surface area (Å²) in [5.41, 5.74) is 2.96. The zero-order valence-corrected chi connectivity index (χ0v) is 12.8. The van der Waals surface area contributed by atoms with Crippen molar-refractivity contribution in [3.63, 3.8) is 0 Å².